The Morgan fingerprint density at radius 2 is 1.92 bits per heavy atom. The zero-order valence-corrected chi connectivity index (χ0v) is 8.61. The fourth-order valence-electron chi connectivity index (χ4n) is 1.57. The van der Waals surface area contributed by atoms with Gasteiger partial charge in [0, 0.05) is 6.04 Å². The minimum atomic E-state index is 0.0415. The van der Waals surface area contributed by atoms with E-state index in [1.807, 2.05) is 13.8 Å². The van der Waals surface area contributed by atoms with Crippen molar-refractivity contribution in [3.63, 3.8) is 0 Å². The van der Waals surface area contributed by atoms with Crippen LogP contribution in [0.4, 0.5) is 0 Å². The van der Waals surface area contributed by atoms with Crippen LogP contribution in [-0.2, 0) is 0 Å². The van der Waals surface area contributed by atoms with E-state index in [1.54, 1.807) is 0 Å². The Morgan fingerprint density at radius 1 is 1.31 bits per heavy atom. The Balaban J connectivity index is 2.88. The van der Waals surface area contributed by atoms with Gasteiger partial charge in [-0.05, 0) is 19.8 Å². The van der Waals surface area contributed by atoms with Crippen molar-refractivity contribution in [1.82, 2.24) is 10.1 Å². The number of rotatable bonds is 3. The van der Waals surface area contributed by atoms with Gasteiger partial charge in [0.05, 0.1) is 5.92 Å². The first-order valence-electron chi connectivity index (χ1n) is 4.58. The van der Waals surface area contributed by atoms with Crippen molar-refractivity contribution in [1.29, 1.82) is 0 Å². The molecule has 0 fully saturated rings. The van der Waals surface area contributed by atoms with Gasteiger partial charge in [-0.3, -0.25) is 0 Å². The maximum absolute atomic E-state index is 5.85. The van der Waals surface area contributed by atoms with Crippen molar-refractivity contribution in [2.24, 2.45) is 11.7 Å². The standard InChI is InChI=1S/C9H17N3O/c1-5(2)8(6(3)10)9-11-7(4)12-13-9/h5-6,8H,10H2,1-4H3. The number of aromatic nitrogens is 2. The molecule has 0 bridgehead atoms. The number of hydrogen-bond acceptors (Lipinski definition) is 4. The van der Waals surface area contributed by atoms with Gasteiger partial charge >= 0.3 is 0 Å². The molecule has 1 aromatic heterocycles. The quantitative estimate of drug-likeness (QED) is 0.770. The van der Waals surface area contributed by atoms with Crippen LogP contribution in [0, 0.1) is 12.8 Å². The van der Waals surface area contributed by atoms with E-state index in [-0.39, 0.29) is 12.0 Å². The Labute approximate surface area is 78.5 Å². The highest BCUT2D eigenvalue weighted by Gasteiger charge is 2.25. The average molecular weight is 183 g/mol. The monoisotopic (exact) mass is 183 g/mol. The van der Waals surface area contributed by atoms with E-state index in [0.29, 0.717) is 17.6 Å². The summed E-state index contributed by atoms with van der Waals surface area (Å²) in [5, 5.41) is 3.76. The van der Waals surface area contributed by atoms with Gasteiger partial charge in [-0.15, -0.1) is 0 Å². The van der Waals surface area contributed by atoms with Gasteiger partial charge in [-0.25, -0.2) is 0 Å². The zero-order valence-electron chi connectivity index (χ0n) is 8.61. The number of aryl methyl sites for hydroxylation is 1. The second-order valence-corrected chi connectivity index (χ2v) is 3.81. The first-order valence-corrected chi connectivity index (χ1v) is 4.58. The van der Waals surface area contributed by atoms with Gasteiger partial charge in [0.1, 0.15) is 0 Å². The van der Waals surface area contributed by atoms with Crippen LogP contribution in [0.5, 0.6) is 0 Å². The van der Waals surface area contributed by atoms with Crippen LogP contribution in [0.3, 0.4) is 0 Å². The Kier molecular flexibility index (Phi) is 3.03. The predicted molar refractivity (Wildman–Crippen MR) is 50.3 cm³/mol. The lowest BCUT2D eigenvalue weighted by Crippen LogP contribution is -2.28. The average Bonchev–Trinajstić information content (AvgIpc) is 2.34. The summed E-state index contributed by atoms with van der Waals surface area (Å²) in [6.45, 7) is 7.98. The first-order chi connectivity index (χ1) is 6.02. The fraction of sp³-hybridized carbons (Fsp3) is 0.778. The molecule has 1 heterocycles. The molecule has 0 aliphatic carbocycles. The number of hydrogen-bond donors (Lipinski definition) is 1. The van der Waals surface area contributed by atoms with Crippen LogP contribution in [0.15, 0.2) is 4.52 Å². The molecule has 4 nitrogen and oxygen atoms in total. The third-order valence-corrected chi connectivity index (χ3v) is 2.11. The van der Waals surface area contributed by atoms with Crippen molar-refractivity contribution < 1.29 is 4.52 Å². The lowest BCUT2D eigenvalue weighted by Gasteiger charge is -2.20. The summed E-state index contributed by atoms with van der Waals surface area (Å²) in [7, 11) is 0. The lowest BCUT2D eigenvalue weighted by atomic mass is 9.90. The molecule has 0 saturated heterocycles. The van der Waals surface area contributed by atoms with Crippen molar-refractivity contribution in [2.45, 2.75) is 39.7 Å². The molecule has 0 aromatic carbocycles. The smallest absolute Gasteiger partial charge is 0.231 e. The van der Waals surface area contributed by atoms with Crippen LogP contribution in [0.1, 0.15) is 38.4 Å². The molecule has 74 valence electrons. The molecule has 1 rings (SSSR count). The molecule has 13 heavy (non-hydrogen) atoms. The zero-order chi connectivity index (χ0) is 10.0. The van der Waals surface area contributed by atoms with Gasteiger partial charge in [0.25, 0.3) is 0 Å². The summed E-state index contributed by atoms with van der Waals surface area (Å²) < 4.78 is 5.11. The molecule has 0 aliphatic rings. The lowest BCUT2D eigenvalue weighted by molar-refractivity contribution is 0.299. The van der Waals surface area contributed by atoms with Crippen LogP contribution in [0.25, 0.3) is 0 Å². The summed E-state index contributed by atoms with van der Waals surface area (Å²) in [5.41, 5.74) is 5.85. The van der Waals surface area contributed by atoms with Gasteiger partial charge < -0.3 is 10.3 Å². The van der Waals surface area contributed by atoms with Crippen LogP contribution < -0.4 is 5.73 Å². The first kappa shape index (κ1) is 10.2. The molecule has 2 unspecified atom stereocenters. The fourth-order valence-corrected chi connectivity index (χ4v) is 1.57. The van der Waals surface area contributed by atoms with Crippen LogP contribution in [0.2, 0.25) is 0 Å². The highest BCUT2D eigenvalue weighted by atomic mass is 16.5. The highest BCUT2D eigenvalue weighted by molar-refractivity contribution is 4.98. The second kappa shape index (κ2) is 3.87. The molecule has 4 heteroatoms. The van der Waals surface area contributed by atoms with Crippen LogP contribution >= 0.6 is 0 Å². The van der Waals surface area contributed by atoms with E-state index in [4.69, 9.17) is 10.3 Å². The van der Waals surface area contributed by atoms with E-state index >= 15 is 0 Å². The molecule has 2 N–H and O–H groups in total. The number of nitrogens with two attached hydrogens (primary N) is 1. The Morgan fingerprint density at radius 3 is 2.23 bits per heavy atom. The Bertz CT molecular complexity index is 260. The second-order valence-electron chi connectivity index (χ2n) is 3.81. The maximum Gasteiger partial charge on any atom is 0.231 e. The molecule has 0 saturated carbocycles. The van der Waals surface area contributed by atoms with E-state index in [2.05, 4.69) is 24.0 Å². The summed E-state index contributed by atoms with van der Waals surface area (Å²) in [4.78, 5) is 4.20. The summed E-state index contributed by atoms with van der Waals surface area (Å²) in [5.74, 6) is 1.89. The van der Waals surface area contributed by atoms with E-state index in [9.17, 15) is 0 Å². The molecule has 0 amide bonds. The molecule has 1 aromatic rings. The van der Waals surface area contributed by atoms with Gasteiger partial charge in [0.15, 0.2) is 5.82 Å². The maximum atomic E-state index is 5.85. The normalized spacial score (nSPS) is 16.2. The summed E-state index contributed by atoms with van der Waals surface area (Å²) in [6.07, 6.45) is 0. The Hall–Kier alpha value is -0.900. The molecule has 0 spiro atoms. The van der Waals surface area contributed by atoms with E-state index < -0.39 is 0 Å². The highest BCUT2D eigenvalue weighted by Crippen LogP contribution is 2.25. The van der Waals surface area contributed by atoms with Gasteiger partial charge in [-0.2, -0.15) is 4.98 Å². The van der Waals surface area contributed by atoms with E-state index in [1.165, 1.54) is 0 Å². The van der Waals surface area contributed by atoms with Crippen molar-refractivity contribution >= 4 is 0 Å². The SMILES string of the molecule is Cc1noc(C(C(C)C)C(C)N)n1. The van der Waals surface area contributed by atoms with Crippen molar-refractivity contribution in [3.8, 4) is 0 Å². The third-order valence-electron chi connectivity index (χ3n) is 2.11. The third kappa shape index (κ3) is 2.28. The van der Waals surface area contributed by atoms with E-state index in [0.717, 1.165) is 0 Å². The van der Waals surface area contributed by atoms with Crippen LogP contribution in [-0.4, -0.2) is 16.2 Å². The topological polar surface area (TPSA) is 64.9 Å². The predicted octanol–water partition coefficient (Wildman–Crippen LogP) is 1.46. The minimum absolute atomic E-state index is 0.0415. The molecule has 0 radical (unpaired) electrons. The van der Waals surface area contributed by atoms with Gasteiger partial charge in [0.2, 0.25) is 5.89 Å². The van der Waals surface area contributed by atoms with Crippen molar-refractivity contribution in [2.75, 3.05) is 0 Å². The largest absolute Gasteiger partial charge is 0.339 e. The minimum Gasteiger partial charge on any atom is -0.339 e. The molecule has 2 atom stereocenters. The molecular formula is C9H17N3O. The molecule has 0 aliphatic heterocycles. The van der Waals surface area contributed by atoms with Gasteiger partial charge in [-0.1, -0.05) is 19.0 Å². The molecular weight excluding hydrogens is 166 g/mol. The number of nitrogens with zero attached hydrogens (tertiary/aromatic N) is 2. The summed E-state index contributed by atoms with van der Waals surface area (Å²) in [6, 6.07) is 0.0415. The summed E-state index contributed by atoms with van der Waals surface area (Å²) >= 11 is 0. The van der Waals surface area contributed by atoms with Crippen molar-refractivity contribution in [3.05, 3.63) is 11.7 Å².